The Kier molecular flexibility index (Phi) is 2.20. The molecular formula is C11H13N3O3. The molecule has 0 aliphatic carbocycles. The van der Waals surface area contributed by atoms with Crippen molar-refractivity contribution < 1.29 is 14.6 Å². The number of rotatable bonds is 1. The summed E-state index contributed by atoms with van der Waals surface area (Å²) in [6.07, 6.45) is -1.51. The maximum absolute atomic E-state index is 9.47. The van der Waals surface area contributed by atoms with Gasteiger partial charge in [-0.3, -0.25) is 0 Å². The Morgan fingerprint density at radius 2 is 2.00 bits per heavy atom. The summed E-state index contributed by atoms with van der Waals surface area (Å²) in [6, 6.07) is 5.64. The van der Waals surface area contributed by atoms with E-state index in [-0.39, 0.29) is 0 Å². The molecule has 6 heteroatoms. The van der Waals surface area contributed by atoms with E-state index < -0.39 is 12.2 Å². The first-order valence-corrected chi connectivity index (χ1v) is 5.40. The van der Waals surface area contributed by atoms with Gasteiger partial charge in [0.15, 0.2) is 5.58 Å². The molecule has 17 heavy (non-hydrogen) atoms. The van der Waals surface area contributed by atoms with E-state index in [9.17, 15) is 10.2 Å². The van der Waals surface area contributed by atoms with Crippen LogP contribution in [-0.4, -0.2) is 40.5 Å². The Morgan fingerprint density at radius 1 is 1.29 bits per heavy atom. The van der Waals surface area contributed by atoms with Crippen LogP contribution in [0.3, 0.4) is 0 Å². The van der Waals surface area contributed by atoms with Gasteiger partial charge in [-0.15, -0.1) is 0 Å². The molecule has 2 heterocycles. The predicted octanol–water partition coefficient (Wildman–Crippen LogP) is -0.0482. The minimum atomic E-state index is -0.755. The molecule has 0 radical (unpaired) electrons. The van der Waals surface area contributed by atoms with Crippen LogP contribution in [0.15, 0.2) is 22.6 Å². The number of nitrogens with two attached hydrogens (primary N) is 1. The molecule has 2 aromatic rings. The third-order valence-electron chi connectivity index (χ3n) is 2.93. The number of fused-ring (bicyclic) bond motifs is 1. The number of benzene rings is 1. The van der Waals surface area contributed by atoms with Gasteiger partial charge >= 0.3 is 0 Å². The summed E-state index contributed by atoms with van der Waals surface area (Å²) in [7, 11) is 0. The van der Waals surface area contributed by atoms with Crippen molar-refractivity contribution in [2.45, 2.75) is 12.2 Å². The van der Waals surface area contributed by atoms with Crippen molar-refractivity contribution in [1.82, 2.24) is 4.98 Å². The van der Waals surface area contributed by atoms with E-state index in [1.54, 1.807) is 23.1 Å². The van der Waals surface area contributed by atoms with E-state index >= 15 is 0 Å². The molecule has 1 aliphatic heterocycles. The molecule has 1 saturated heterocycles. The number of nitrogen functional groups attached to an aromatic ring is 1. The number of aliphatic hydroxyl groups is 2. The van der Waals surface area contributed by atoms with Crippen LogP contribution in [0, 0.1) is 0 Å². The van der Waals surface area contributed by atoms with E-state index in [2.05, 4.69) is 4.98 Å². The minimum absolute atomic E-state index is 0.323. The van der Waals surface area contributed by atoms with Crippen LogP contribution >= 0.6 is 0 Å². The lowest BCUT2D eigenvalue weighted by atomic mass is 10.3. The van der Waals surface area contributed by atoms with E-state index in [0.717, 1.165) is 0 Å². The Balaban J connectivity index is 1.96. The average Bonchev–Trinajstić information content (AvgIpc) is 2.83. The van der Waals surface area contributed by atoms with Crippen LogP contribution in [0.5, 0.6) is 0 Å². The van der Waals surface area contributed by atoms with Gasteiger partial charge in [0.05, 0.1) is 25.3 Å². The van der Waals surface area contributed by atoms with E-state index in [4.69, 9.17) is 10.2 Å². The van der Waals surface area contributed by atoms with Gasteiger partial charge in [-0.1, -0.05) is 0 Å². The van der Waals surface area contributed by atoms with Gasteiger partial charge in [-0.25, -0.2) is 0 Å². The number of aliphatic hydroxyl groups excluding tert-OH is 2. The molecular weight excluding hydrogens is 222 g/mol. The number of aromatic nitrogens is 1. The van der Waals surface area contributed by atoms with Crippen molar-refractivity contribution in [2.24, 2.45) is 0 Å². The Bertz CT molecular complexity index is 544. The second kappa shape index (κ2) is 3.61. The smallest absolute Gasteiger partial charge is 0.298 e. The number of anilines is 2. The molecule has 6 nitrogen and oxygen atoms in total. The second-order valence-electron chi connectivity index (χ2n) is 4.26. The fourth-order valence-electron chi connectivity index (χ4n) is 1.99. The topological polar surface area (TPSA) is 95.8 Å². The molecule has 2 unspecified atom stereocenters. The zero-order chi connectivity index (χ0) is 12.0. The van der Waals surface area contributed by atoms with Crippen LogP contribution in [0.1, 0.15) is 0 Å². The van der Waals surface area contributed by atoms with Gasteiger partial charge in [0.25, 0.3) is 6.01 Å². The zero-order valence-electron chi connectivity index (χ0n) is 9.08. The number of oxazole rings is 1. The summed E-state index contributed by atoms with van der Waals surface area (Å²) in [5, 5.41) is 18.9. The van der Waals surface area contributed by atoms with Crippen LogP contribution in [-0.2, 0) is 0 Å². The normalized spacial score (nSPS) is 24.7. The summed E-state index contributed by atoms with van der Waals surface area (Å²) in [5.74, 6) is 0. The SMILES string of the molecule is Nc1ccc2nc(N3CC(O)C(O)C3)oc2c1. The lowest BCUT2D eigenvalue weighted by molar-refractivity contribution is 0.0572. The van der Waals surface area contributed by atoms with Gasteiger partial charge in [0.1, 0.15) is 5.52 Å². The summed E-state index contributed by atoms with van der Waals surface area (Å²) >= 11 is 0. The van der Waals surface area contributed by atoms with Crippen molar-refractivity contribution in [3.8, 4) is 0 Å². The van der Waals surface area contributed by atoms with Crippen molar-refractivity contribution >= 4 is 22.8 Å². The molecule has 0 amide bonds. The van der Waals surface area contributed by atoms with E-state index in [1.165, 1.54) is 0 Å². The maximum atomic E-state index is 9.47. The van der Waals surface area contributed by atoms with Crippen LogP contribution in [0.4, 0.5) is 11.7 Å². The van der Waals surface area contributed by atoms with E-state index in [1.807, 2.05) is 0 Å². The van der Waals surface area contributed by atoms with Gasteiger partial charge in [0.2, 0.25) is 0 Å². The Hall–Kier alpha value is -1.79. The van der Waals surface area contributed by atoms with Gasteiger partial charge in [-0.2, -0.15) is 4.98 Å². The van der Waals surface area contributed by atoms with Crippen LogP contribution in [0.25, 0.3) is 11.1 Å². The second-order valence-corrected chi connectivity index (χ2v) is 4.26. The highest BCUT2D eigenvalue weighted by Gasteiger charge is 2.32. The first kappa shape index (κ1) is 10.4. The zero-order valence-corrected chi connectivity index (χ0v) is 9.08. The number of hydrogen-bond donors (Lipinski definition) is 3. The Labute approximate surface area is 97.3 Å². The number of hydrogen-bond acceptors (Lipinski definition) is 6. The summed E-state index contributed by atoms with van der Waals surface area (Å²) < 4.78 is 5.54. The fourth-order valence-corrected chi connectivity index (χ4v) is 1.99. The number of nitrogens with zero attached hydrogens (tertiary/aromatic N) is 2. The van der Waals surface area contributed by atoms with Crippen molar-refractivity contribution in [3.63, 3.8) is 0 Å². The largest absolute Gasteiger partial charge is 0.423 e. The third kappa shape index (κ3) is 1.71. The molecule has 1 aliphatic rings. The van der Waals surface area contributed by atoms with Gasteiger partial charge in [0, 0.05) is 11.8 Å². The molecule has 0 saturated carbocycles. The number of β-amino-alcohol motifs (C(OH)–C–C–N with tert-alkyl or cyclic N) is 2. The lowest BCUT2D eigenvalue weighted by Gasteiger charge is -2.10. The molecule has 4 N–H and O–H groups in total. The summed E-state index contributed by atoms with van der Waals surface area (Å²) in [4.78, 5) is 6.00. The first-order chi connectivity index (χ1) is 8.13. The molecule has 3 rings (SSSR count). The van der Waals surface area contributed by atoms with Gasteiger partial charge < -0.3 is 25.3 Å². The molecule has 90 valence electrons. The predicted molar refractivity (Wildman–Crippen MR) is 62.6 cm³/mol. The maximum Gasteiger partial charge on any atom is 0.298 e. The average molecular weight is 235 g/mol. The summed E-state index contributed by atoms with van der Waals surface area (Å²) in [6.45, 7) is 0.646. The third-order valence-corrected chi connectivity index (χ3v) is 2.93. The monoisotopic (exact) mass is 235 g/mol. The fraction of sp³-hybridized carbons (Fsp3) is 0.364. The molecule has 0 bridgehead atoms. The molecule has 1 fully saturated rings. The van der Waals surface area contributed by atoms with Crippen LogP contribution in [0.2, 0.25) is 0 Å². The van der Waals surface area contributed by atoms with Crippen molar-refractivity contribution in [1.29, 1.82) is 0 Å². The quantitative estimate of drug-likeness (QED) is 0.600. The highest BCUT2D eigenvalue weighted by Crippen LogP contribution is 2.26. The minimum Gasteiger partial charge on any atom is -0.423 e. The molecule has 2 atom stereocenters. The Morgan fingerprint density at radius 3 is 2.71 bits per heavy atom. The standard InChI is InChI=1S/C11H13N3O3/c12-6-1-2-7-10(3-6)17-11(13-7)14-4-8(15)9(16)5-14/h1-3,8-9,15-16H,4-5,12H2. The highest BCUT2D eigenvalue weighted by atomic mass is 16.4. The lowest BCUT2D eigenvalue weighted by Crippen LogP contribution is -2.22. The van der Waals surface area contributed by atoms with Crippen molar-refractivity contribution in [2.75, 3.05) is 23.7 Å². The van der Waals surface area contributed by atoms with E-state index in [0.29, 0.717) is 35.9 Å². The summed E-state index contributed by atoms with van der Waals surface area (Å²) in [5.41, 5.74) is 7.58. The van der Waals surface area contributed by atoms with Crippen molar-refractivity contribution in [3.05, 3.63) is 18.2 Å². The van der Waals surface area contributed by atoms with Crippen LogP contribution < -0.4 is 10.6 Å². The highest BCUT2D eigenvalue weighted by molar-refractivity contribution is 5.78. The molecule has 1 aromatic heterocycles. The molecule has 0 spiro atoms. The molecule has 1 aromatic carbocycles. The first-order valence-electron chi connectivity index (χ1n) is 5.40. The van der Waals surface area contributed by atoms with Gasteiger partial charge in [-0.05, 0) is 12.1 Å².